The number of carbonyl (C=O) groups is 2. The third-order valence-electron chi connectivity index (χ3n) is 4.74. The molecule has 11 heteroatoms. The number of amides is 1. The van der Waals surface area contributed by atoms with Crippen LogP contribution in [-0.2, 0) is 14.3 Å². The summed E-state index contributed by atoms with van der Waals surface area (Å²) < 4.78 is 48.1. The number of esters is 1. The zero-order valence-electron chi connectivity index (χ0n) is 15.5. The van der Waals surface area contributed by atoms with Gasteiger partial charge >= 0.3 is 12.1 Å². The fourth-order valence-electron chi connectivity index (χ4n) is 3.32. The number of rotatable bonds is 3. The number of hydrogen-bond donors (Lipinski definition) is 1. The Labute approximate surface area is 164 Å². The third-order valence-corrected chi connectivity index (χ3v) is 5.88. The van der Waals surface area contributed by atoms with Crippen LogP contribution in [0.15, 0.2) is 5.38 Å². The molecule has 3 heterocycles. The lowest BCUT2D eigenvalue weighted by Gasteiger charge is -2.47. The van der Waals surface area contributed by atoms with Crippen molar-refractivity contribution in [3.8, 4) is 0 Å². The Kier molecular flexibility index (Phi) is 5.97. The van der Waals surface area contributed by atoms with Crippen LogP contribution >= 0.6 is 11.3 Å². The molecule has 28 heavy (non-hydrogen) atoms. The summed E-state index contributed by atoms with van der Waals surface area (Å²) in [5.74, 6) is -2.57. The molecule has 1 unspecified atom stereocenters. The molecule has 1 spiro atoms. The highest BCUT2D eigenvalue weighted by atomic mass is 32.1. The predicted molar refractivity (Wildman–Crippen MR) is 94.0 cm³/mol. The van der Waals surface area contributed by atoms with Crippen molar-refractivity contribution in [2.75, 3.05) is 26.2 Å². The van der Waals surface area contributed by atoms with Gasteiger partial charge in [-0.1, -0.05) is 13.8 Å². The number of ether oxygens (including phenoxy) is 2. The van der Waals surface area contributed by atoms with Gasteiger partial charge in [0.15, 0.2) is 0 Å². The van der Waals surface area contributed by atoms with Gasteiger partial charge in [-0.15, -0.1) is 11.3 Å². The van der Waals surface area contributed by atoms with Crippen molar-refractivity contribution in [3.63, 3.8) is 0 Å². The topological polar surface area (TPSA) is 80.8 Å². The van der Waals surface area contributed by atoms with E-state index in [-0.39, 0.29) is 24.7 Å². The summed E-state index contributed by atoms with van der Waals surface area (Å²) in [6.45, 7) is 5.04. The molecule has 1 aromatic rings. The lowest BCUT2D eigenvalue weighted by molar-refractivity contribution is -0.266. The monoisotopic (exact) mass is 421 g/mol. The second-order valence-electron chi connectivity index (χ2n) is 7.29. The van der Waals surface area contributed by atoms with Crippen molar-refractivity contribution in [2.45, 2.75) is 50.7 Å². The van der Waals surface area contributed by atoms with E-state index in [0.29, 0.717) is 25.9 Å². The Hall–Kier alpha value is -1.72. The number of hydrogen-bond acceptors (Lipinski definition) is 7. The average molecular weight is 421 g/mol. The second kappa shape index (κ2) is 7.96. The molecule has 0 bridgehead atoms. The number of nitrogens with zero attached hydrogens (tertiary/aromatic N) is 2. The third kappa shape index (κ3) is 4.64. The molecule has 0 radical (unpaired) electrons. The molecular weight excluding hydrogens is 399 g/mol. The smallest absolute Gasteiger partial charge is 0.427 e. The van der Waals surface area contributed by atoms with Crippen LogP contribution in [0.25, 0.3) is 0 Å². The highest BCUT2D eigenvalue weighted by molar-refractivity contribution is 7.09. The van der Waals surface area contributed by atoms with Crippen molar-refractivity contribution in [3.05, 3.63) is 16.1 Å². The zero-order valence-corrected chi connectivity index (χ0v) is 16.4. The molecule has 0 aliphatic carbocycles. The number of nitrogens with one attached hydrogen (secondary N) is 1. The van der Waals surface area contributed by atoms with Crippen LogP contribution in [0.1, 0.15) is 48.1 Å². The maximum atomic E-state index is 12.9. The number of carbonyl (C=O) groups excluding carboxylic acids is 2. The molecule has 1 amide bonds. The van der Waals surface area contributed by atoms with Crippen molar-refractivity contribution in [1.29, 1.82) is 0 Å². The number of thiazole rings is 1. The lowest BCUT2D eigenvalue weighted by atomic mass is 9.90. The summed E-state index contributed by atoms with van der Waals surface area (Å²) >= 11 is 1.36. The molecule has 1 N–H and O–H groups in total. The van der Waals surface area contributed by atoms with Crippen molar-refractivity contribution in [2.24, 2.45) is 0 Å². The number of morpholine rings is 1. The Balaban J connectivity index is 1.80. The van der Waals surface area contributed by atoms with Gasteiger partial charge in [0.25, 0.3) is 5.91 Å². The second-order valence-corrected chi connectivity index (χ2v) is 8.18. The normalized spacial score (nSPS) is 22.5. The molecule has 1 atom stereocenters. The molecule has 0 aromatic carbocycles. The first-order chi connectivity index (χ1) is 13.1. The van der Waals surface area contributed by atoms with E-state index in [9.17, 15) is 22.8 Å². The summed E-state index contributed by atoms with van der Waals surface area (Å²) in [7, 11) is 0. The molecule has 2 fully saturated rings. The summed E-state index contributed by atoms with van der Waals surface area (Å²) in [6, 6.07) is 0. The fourth-order valence-corrected chi connectivity index (χ4v) is 4.13. The Morgan fingerprint density at radius 2 is 2.07 bits per heavy atom. The molecule has 7 nitrogen and oxygen atoms in total. The molecule has 3 rings (SSSR count). The summed E-state index contributed by atoms with van der Waals surface area (Å²) in [6.07, 6.45) is -5.62. The first-order valence-corrected chi connectivity index (χ1v) is 9.89. The van der Waals surface area contributed by atoms with E-state index in [0.717, 1.165) is 5.01 Å². The van der Waals surface area contributed by atoms with Gasteiger partial charge in [-0.25, -0.2) is 9.78 Å². The largest absolute Gasteiger partial charge is 0.491 e. The SMILES string of the molecule is CC(C)c1nc(C(=O)N2CC(OC(=O)C(F)(F)F)OC3(CCNCC3)C2)cs1. The number of aromatic nitrogens is 1. The van der Waals surface area contributed by atoms with E-state index in [1.807, 2.05) is 13.8 Å². The van der Waals surface area contributed by atoms with Crippen LogP contribution in [0.3, 0.4) is 0 Å². The van der Waals surface area contributed by atoms with Crippen molar-refractivity contribution in [1.82, 2.24) is 15.2 Å². The molecular formula is C17H22F3N3O4S. The van der Waals surface area contributed by atoms with Gasteiger partial charge in [-0.3, -0.25) is 4.79 Å². The van der Waals surface area contributed by atoms with E-state index in [1.54, 1.807) is 5.38 Å². The Morgan fingerprint density at radius 3 is 2.64 bits per heavy atom. The molecule has 2 aliphatic heterocycles. The van der Waals surface area contributed by atoms with Crippen molar-refractivity contribution >= 4 is 23.2 Å². The van der Waals surface area contributed by atoms with E-state index in [1.165, 1.54) is 16.2 Å². The van der Waals surface area contributed by atoms with Gasteiger partial charge in [0, 0.05) is 11.3 Å². The van der Waals surface area contributed by atoms with Crippen LogP contribution < -0.4 is 5.32 Å². The van der Waals surface area contributed by atoms with Gasteiger partial charge in [0.2, 0.25) is 6.29 Å². The Bertz CT molecular complexity index is 731. The van der Waals surface area contributed by atoms with Crippen LogP contribution in [0.2, 0.25) is 0 Å². The number of piperidine rings is 1. The zero-order chi connectivity index (χ0) is 20.5. The average Bonchev–Trinajstić information content (AvgIpc) is 3.11. The molecule has 156 valence electrons. The van der Waals surface area contributed by atoms with Gasteiger partial charge in [-0.2, -0.15) is 13.2 Å². The summed E-state index contributed by atoms with van der Waals surface area (Å²) in [5.41, 5.74) is -0.618. The first-order valence-electron chi connectivity index (χ1n) is 9.01. The van der Waals surface area contributed by atoms with Gasteiger partial charge < -0.3 is 19.7 Å². The molecule has 2 saturated heterocycles. The summed E-state index contributed by atoms with van der Waals surface area (Å²) in [4.78, 5) is 29.9. The minimum atomic E-state index is -5.13. The minimum absolute atomic E-state index is 0.160. The van der Waals surface area contributed by atoms with Crippen LogP contribution in [-0.4, -0.2) is 66.0 Å². The van der Waals surface area contributed by atoms with Crippen LogP contribution in [0.4, 0.5) is 13.2 Å². The number of halogens is 3. The van der Waals surface area contributed by atoms with Crippen LogP contribution in [0.5, 0.6) is 0 Å². The molecule has 2 aliphatic rings. The maximum Gasteiger partial charge on any atom is 0.491 e. The molecule has 1 aromatic heterocycles. The van der Waals surface area contributed by atoms with Gasteiger partial charge in [-0.05, 0) is 25.9 Å². The van der Waals surface area contributed by atoms with E-state index < -0.39 is 29.9 Å². The first kappa shape index (κ1) is 21.0. The van der Waals surface area contributed by atoms with E-state index >= 15 is 0 Å². The highest BCUT2D eigenvalue weighted by Gasteiger charge is 2.48. The molecule has 0 saturated carbocycles. The van der Waals surface area contributed by atoms with Crippen LogP contribution in [0, 0.1) is 0 Å². The number of alkyl halides is 3. The predicted octanol–water partition coefficient (Wildman–Crippen LogP) is 2.29. The minimum Gasteiger partial charge on any atom is -0.427 e. The van der Waals surface area contributed by atoms with E-state index in [2.05, 4.69) is 15.0 Å². The fraction of sp³-hybridized carbons (Fsp3) is 0.706. The lowest BCUT2D eigenvalue weighted by Crippen LogP contribution is -2.61. The standard InChI is InChI=1S/C17H22F3N3O4S/c1-10(2)13-22-11(8-28-13)14(24)23-7-12(26-15(25)17(18,19)20)27-16(9-23)3-5-21-6-4-16/h8,10,12,21H,3-7,9H2,1-2H3. The van der Waals surface area contributed by atoms with Crippen molar-refractivity contribution < 1.29 is 32.2 Å². The van der Waals surface area contributed by atoms with Gasteiger partial charge in [0.05, 0.1) is 23.7 Å². The highest BCUT2D eigenvalue weighted by Crippen LogP contribution is 2.32. The maximum absolute atomic E-state index is 12.9. The van der Waals surface area contributed by atoms with Gasteiger partial charge in [0.1, 0.15) is 5.69 Å². The quantitative estimate of drug-likeness (QED) is 0.755. The van der Waals surface area contributed by atoms with E-state index in [4.69, 9.17) is 4.74 Å². The summed E-state index contributed by atoms with van der Waals surface area (Å²) in [5, 5.41) is 5.58. The Morgan fingerprint density at radius 1 is 1.39 bits per heavy atom.